The highest BCUT2D eigenvalue weighted by Gasteiger charge is 2.36. The van der Waals surface area contributed by atoms with Crippen LogP contribution in [-0.2, 0) is 0 Å². The maximum atomic E-state index is 16.4. The van der Waals surface area contributed by atoms with Crippen molar-refractivity contribution in [3.63, 3.8) is 0 Å². The number of alkyl halides is 2. The molecule has 2 atom stereocenters. The molecule has 2 aromatic carbocycles. The van der Waals surface area contributed by atoms with E-state index >= 15 is 4.39 Å². The fraction of sp³-hybridized carbons (Fsp3) is 0.269. The molecule has 0 fully saturated rings. The Kier molecular flexibility index (Phi) is 5.34. The number of fused-ring (bicyclic) bond motifs is 6. The van der Waals surface area contributed by atoms with Crippen molar-refractivity contribution in [3.8, 4) is 28.3 Å². The molecule has 2 aromatic heterocycles. The van der Waals surface area contributed by atoms with Crippen molar-refractivity contribution < 1.29 is 27.4 Å². The Morgan fingerprint density at radius 3 is 2.81 bits per heavy atom. The number of rotatable bonds is 4. The number of amides is 1. The lowest BCUT2D eigenvalue weighted by molar-refractivity contribution is -0.0498. The van der Waals surface area contributed by atoms with E-state index in [1.807, 2.05) is 6.92 Å². The molecule has 8 nitrogen and oxygen atoms in total. The largest absolute Gasteiger partial charge is 0.490 e. The number of para-hydroxylation sites is 1. The molecule has 190 valence electrons. The fourth-order valence-corrected chi connectivity index (χ4v) is 5.15. The van der Waals surface area contributed by atoms with E-state index in [1.165, 1.54) is 33.9 Å². The average Bonchev–Trinajstić information content (AvgIpc) is 3.42. The summed E-state index contributed by atoms with van der Waals surface area (Å²) in [5.74, 6) is -0.487. The molecule has 0 aliphatic carbocycles. The number of pyridine rings is 1. The SMILES string of the molecule is CCC1c2nc3ccc(-c4cnc5c(c4)OCC5N)c(F)c3n2-c2c(OC(F)F)cccc2C(=O)N1C. The highest BCUT2D eigenvalue weighted by molar-refractivity contribution is 6.01. The molecule has 2 aliphatic heterocycles. The second kappa shape index (κ2) is 8.48. The summed E-state index contributed by atoms with van der Waals surface area (Å²) < 4.78 is 55.0. The molecular weight excluding hydrogens is 487 g/mol. The minimum Gasteiger partial charge on any atom is -0.490 e. The van der Waals surface area contributed by atoms with Crippen LogP contribution in [0.25, 0.3) is 27.8 Å². The lowest BCUT2D eigenvalue weighted by Crippen LogP contribution is -2.30. The Morgan fingerprint density at radius 2 is 2.05 bits per heavy atom. The van der Waals surface area contributed by atoms with Crippen LogP contribution >= 0.6 is 0 Å². The molecular formula is C26H22F3N5O3. The van der Waals surface area contributed by atoms with Crippen LogP contribution in [0.3, 0.4) is 0 Å². The molecule has 0 bridgehead atoms. The van der Waals surface area contributed by atoms with E-state index in [0.29, 0.717) is 34.8 Å². The predicted molar refractivity (Wildman–Crippen MR) is 128 cm³/mol. The smallest absolute Gasteiger partial charge is 0.387 e. The van der Waals surface area contributed by atoms with Crippen LogP contribution in [0.4, 0.5) is 13.2 Å². The van der Waals surface area contributed by atoms with Crippen LogP contribution in [0.1, 0.15) is 47.3 Å². The van der Waals surface area contributed by atoms with Crippen molar-refractivity contribution in [3.05, 3.63) is 65.5 Å². The molecule has 2 aliphatic rings. The molecule has 4 aromatic rings. The van der Waals surface area contributed by atoms with E-state index < -0.39 is 24.4 Å². The second-order valence-electron chi connectivity index (χ2n) is 9.00. The first-order valence-electron chi connectivity index (χ1n) is 11.7. The van der Waals surface area contributed by atoms with Crippen molar-refractivity contribution in [2.24, 2.45) is 5.73 Å². The summed E-state index contributed by atoms with van der Waals surface area (Å²) in [6, 6.07) is 8.31. The minimum absolute atomic E-state index is 0.0190. The van der Waals surface area contributed by atoms with E-state index in [2.05, 4.69) is 9.97 Å². The van der Waals surface area contributed by atoms with E-state index in [-0.39, 0.29) is 40.7 Å². The summed E-state index contributed by atoms with van der Waals surface area (Å²) in [6.07, 6.45) is 1.98. The molecule has 0 saturated heterocycles. The number of carbonyl (C=O) groups is 1. The van der Waals surface area contributed by atoms with Gasteiger partial charge in [-0.15, -0.1) is 0 Å². The Bertz CT molecular complexity index is 1570. The van der Waals surface area contributed by atoms with Gasteiger partial charge in [0.1, 0.15) is 35.1 Å². The van der Waals surface area contributed by atoms with Gasteiger partial charge in [0.25, 0.3) is 5.91 Å². The van der Waals surface area contributed by atoms with Crippen molar-refractivity contribution in [2.75, 3.05) is 13.7 Å². The number of benzene rings is 2. The van der Waals surface area contributed by atoms with Gasteiger partial charge in [0.05, 0.1) is 23.2 Å². The highest BCUT2D eigenvalue weighted by atomic mass is 19.3. The van der Waals surface area contributed by atoms with Gasteiger partial charge >= 0.3 is 6.61 Å². The van der Waals surface area contributed by atoms with Gasteiger partial charge in [-0.25, -0.2) is 9.37 Å². The topological polar surface area (TPSA) is 95.5 Å². The summed E-state index contributed by atoms with van der Waals surface area (Å²) in [4.78, 5) is 23.9. The number of hydrogen-bond acceptors (Lipinski definition) is 6. The molecule has 2 N–H and O–H groups in total. The summed E-state index contributed by atoms with van der Waals surface area (Å²) in [5.41, 5.74) is 7.71. The van der Waals surface area contributed by atoms with Crippen molar-refractivity contribution >= 4 is 16.9 Å². The van der Waals surface area contributed by atoms with Gasteiger partial charge in [-0.05, 0) is 36.8 Å². The number of halogens is 3. The zero-order chi connectivity index (χ0) is 26.0. The maximum Gasteiger partial charge on any atom is 0.387 e. The quantitative estimate of drug-likeness (QED) is 0.426. The molecule has 4 heterocycles. The number of nitrogens with zero attached hydrogens (tertiary/aromatic N) is 4. The minimum atomic E-state index is -3.15. The molecule has 0 radical (unpaired) electrons. The summed E-state index contributed by atoms with van der Waals surface area (Å²) in [7, 11) is 1.61. The van der Waals surface area contributed by atoms with Crippen LogP contribution < -0.4 is 15.2 Å². The van der Waals surface area contributed by atoms with Crippen LogP contribution in [0.5, 0.6) is 11.5 Å². The van der Waals surface area contributed by atoms with E-state index in [1.54, 1.807) is 25.2 Å². The van der Waals surface area contributed by atoms with Gasteiger partial charge < -0.3 is 20.1 Å². The Balaban J connectivity index is 1.66. The van der Waals surface area contributed by atoms with Gasteiger partial charge in [-0.2, -0.15) is 8.78 Å². The maximum absolute atomic E-state index is 16.4. The molecule has 11 heteroatoms. The normalized spacial score (nSPS) is 18.5. The molecule has 6 rings (SSSR count). The fourth-order valence-electron chi connectivity index (χ4n) is 5.15. The third-order valence-corrected chi connectivity index (χ3v) is 6.89. The van der Waals surface area contributed by atoms with Gasteiger partial charge in [0.2, 0.25) is 0 Å². The molecule has 0 spiro atoms. The van der Waals surface area contributed by atoms with Gasteiger partial charge in [0.15, 0.2) is 11.6 Å². The number of ether oxygens (including phenoxy) is 2. The van der Waals surface area contributed by atoms with Gasteiger partial charge in [-0.1, -0.05) is 13.0 Å². The monoisotopic (exact) mass is 509 g/mol. The zero-order valence-electron chi connectivity index (χ0n) is 19.9. The third-order valence-electron chi connectivity index (χ3n) is 6.89. The highest BCUT2D eigenvalue weighted by Crippen LogP contribution is 2.42. The number of imidazole rings is 1. The van der Waals surface area contributed by atoms with Crippen LogP contribution in [-0.4, -0.2) is 45.6 Å². The lowest BCUT2D eigenvalue weighted by Gasteiger charge is -2.24. The Labute approximate surface area is 209 Å². The summed E-state index contributed by atoms with van der Waals surface area (Å²) >= 11 is 0. The second-order valence-corrected chi connectivity index (χ2v) is 9.00. The van der Waals surface area contributed by atoms with Crippen molar-refractivity contribution in [2.45, 2.75) is 32.0 Å². The van der Waals surface area contributed by atoms with Crippen LogP contribution in [0, 0.1) is 5.82 Å². The van der Waals surface area contributed by atoms with Crippen LogP contribution in [0.15, 0.2) is 42.6 Å². The number of nitrogens with two attached hydrogens (primary N) is 1. The predicted octanol–water partition coefficient (Wildman–Crippen LogP) is 4.76. The molecule has 0 saturated carbocycles. The van der Waals surface area contributed by atoms with E-state index in [4.69, 9.17) is 15.2 Å². The summed E-state index contributed by atoms with van der Waals surface area (Å²) in [5, 5.41) is 0. The van der Waals surface area contributed by atoms with Crippen LogP contribution in [0.2, 0.25) is 0 Å². The van der Waals surface area contributed by atoms with Gasteiger partial charge in [-0.3, -0.25) is 14.3 Å². The average molecular weight is 509 g/mol. The van der Waals surface area contributed by atoms with E-state index in [0.717, 1.165) is 0 Å². The number of carbonyl (C=O) groups excluding carboxylic acids is 1. The van der Waals surface area contributed by atoms with E-state index in [9.17, 15) is 13.6 Å². The third kappa shape index (κ3) is 3.45. The number of hydrogen-bond donors (Lipinski definition) is 1. The standard InChI is InChI=1S/C26H22F3N5O3/c1-3-17-24-32-16-8-7-13(12-9-19-21(31-10-12)15(30)11-36-19)20(27)23(16)34(24)22-14(25(35)33(17)2)5-4-6-18(22)37-26(28)29/h4-10,15,17,26H,3,11,30H2,1-2H3. The molecule has 2 unspecified atom stereocenters. The molecule has 37 heavy (non-hydrogen) atoms. The Hall–Kier alpha value is -4.12. The first-order valence-corrected chi connectivity index (χ1v) is 11.7. The first-order chi connectivity index (χ1) is 17.8. The summed E-state index contributed by atoms with van der Waals surface area (Å²) in [6.45, 7) is -0.993. The van der Waals surface area contributed by atoms with Gasteiger partial charge in [0, 0.05) is 24.4 Å². The van der Waals surface area contributed by atoms with Crippen molar-refractivity contribution in [1.29, 1.82) is 0 Å². The number of aromatic nitrogens is 3. The zero-order valence-corrected chi connectivity index (χ0v) is 19.9. The lowest BCUT2D eigenvalue weighted by atomic mass is 10.0. The van der Waals surface area contributed by atoms with Crippen molar-refractivity contribution in [1.82, 2.24) is 19.4 Å². The molecule has 1 amide bonds. The Morgan fingerprint density at radius 1 is 1.24 bits per heavy atom. The first kappa shape index (κ1) is 23.3.